The quantitative estimate of drug-likeness (QED) is 0.210. The van der Waals surface area contributed by atoms with E-state index >= 15 is 0 Å². The average Bonchev–Trinajstić information content (AvgIpc) is 3.26. The van der Waals surface area contributed by atoms with Gasteiger partial charge in [-0.1, -0.05) is 23.2 Å². The Labute approximate surface area is 213 Å². The van der Waals surface area contributed by atoms with Gasteiger partial charge in [-0.25, -0.2) is 28.5 Å². The fraction of sp³-hybridized carbons (Fsp3) is 0. The van der Waals surface area contributed by atoms with Gasteiger partial charge in [0.1, 0.15) is 33.6 Å². The van der Waals surface area contributed by atoms with Crippen LogP contribution in [0, 0.1) is 11.6 Å². The van der Waals surface area contributed by atoms with Crippen LogP contribution in [0.2, 0.25) is 10.3 Å². The van der Waals surface area contributed by atoms with Gasteiger partial charge in [-0.2, -0.15) is 0 Å². The summed E-state index contributed by atoms with van der Waals surface area (Å²) in [5, 5.41) is 9.11. The van der Waals surface area contributed by atoms with E-state index in [0.717, 1.165) is 23.2 Å². The lowest BCUT2D eigenvalue weighted by Gasteiger charge is -1.95. The number of aromatic nitrogens is 4. The van der Waals surface area contributed by atoms with Gasteiger partial charge in [0.25, 0.3) is 0 Å². The highest BCUT2D eigenvalue weighted by molar-refractivity contribution is 6.30. The van der Waals surface area contributed by atoms with Gasteiger partial charge >= 0.3 is 5.97 Å². The van der Waals surface area contributed by atoms with Crippen molar-refractivity contribution in [3.8, 4) is 11.4 Å². The maximum Gasteiger partial charge on any atom is 0.335 e. The number of nitrogens with two attached hydrogens (primary N) is 2. The van der Waals surface area contributed by atoms with E-state index < -0.39 is 11.8 Å². The molecule has 0 amide bonds. The molecule has 0 spiro atoms. The number of carboxylic acid groups (broad SMARTS) is 1. The molecule has 3 aromatic heterocycles. The number of benzene rings is 2. The van der Waals surface area contributed by atoms with Gasteiger partial charge in [-0.3, -0.25) is 0 Å². The number of nitrogens with zero attached hydrogens (tertiary/aromatic N) is 3. The standard InChI is InChI=1S/C12H7ClFN3.C7H5FO2.C5H6ClN3/c13-10-6-5-9-12(16-10)17-11(15-9)7-1-3-8(14)4-2-7;8-6-3-1-5(2-4-6)7(9)10;6-4-2-1-3(7)5(8)9-4/h1-6H,(H,15,16,17);1-4H,(H,9,10);1-2H,7H2,(H2,8,9). The van der Waals surface area contributed by atoms with Gasteiger partial charge in [0.2, 0.25) is 0 Å². The molecule has 36 heavy (non-hydrogen) atoms. The predicted molar refractivity (Wildman–Crippen MR) is 136 cm³/mol. The molecule has 8 nitrogen and oxygen atoms in total. The molecule has 12 heteroatoms. The largest absolute Gasteiger partial charge is 0.478 e. The maximum atomic E-state index is 12.8. The van der Waals surface area contributed by atoms with Gasteiger partial charge in [0, 0.05) is 5.56 Å². The minimum atomic E-state index is -1.04. The zero-order valence-corrected chi connectivity index (χ0v) is 19.8. The smallest absolute Gasteiger partial charge is 0.335 e. The number of rotatable bonds is 2. The second kappa shape index (κ2) is 11.9. The summed E-state index contributed by atoms with van der Waals surface area (Å²) in [6, 6.07) is 17.5. The maximum absolute atomic E-state index is 12.8. The molecule has 0 atom stereocenters. The first-order chi connectivity index (χ1) is 17.1. The Hall–Kier alpha value is -4.28. The van der Waals surface area contributed by atoms with Crippen LogP contribution in [0.15, 0.2) is 72.8 Å². The van der Waals surface area contributed by atoms with Crippen molar-refractivity contribution < 1.29 is 18.7 Å². The molecule has 0 radical (unpaired) electrons. The van der Waals surface area contributed by atoms with Gasteiger partial charge < -0.3 is 21.6 Å². The lowest BCUT2D eigenvalue weighted by molar-refractivity contribution is 0.0697. The number of carboxylic acids is 1. The summed E-state index contributed by atoms with van der Waals surface area (Å²) in [5.41, 5.74) is 13.4. The van der Waals surface area contributed by atoms with Crippen molar-refractivity contribution in [2.75, 3.05) is 11.5 Å². The summed E-state index contributed by atoms with van der Waals surface area (Å²) >= 11 is 11.3. The SMILES string of the molecule is Fc1ccc(-c2nc3nc(Cl)ccc3[nH]2)cc1.Nc1ccc(Cl)nc1N.O=C(O)c1ccc(F)cc1. The zero-order valence-electron chi connectivity index (χ0n) is 18.3. The first kappa shape index (κ1) is 26.3. The molecule has 184 valence electrons. The third-order valence-corrected chi connectivity index (χ3v) is 4.87. The van der Waals surface area contributed by atoms with E-state index in [1.807, 2.05) is 6.07 Å². The summed E-state index contributed by atoms with van der Waals surface area (Å²) in [6.45, 7) is 0. The van der Waals surface area contributed by atoms with Crippen molar-refractivity contribution in [2.45, 2.75) is 0 Å². The highest BCUT2D eigenvalue weighted by Gasteiger charge is 2.06. The number of anilines is 2. The number of nitrogens with one attached hydrogen (secondary N) is 1. The third kappa shape index (κ3) is 7.36. The van der Waals surface area contributed by atoms with Crippen LogP contribution in [0.25, 0.3) is 22.6 Å². The van der Waals surface area contributed by atoms with Crippen LogP contribution in [0.5, 0.6) is 0 Å². The number of halogens is 4. The van der Waals surface area contributed by atoms with Crippen LogP contribution in [0.3, 0.4) is 0 Å². The number of hydrogen-bond donors (Lipinski definition) is 4. The second-order valence-corrected chi connectivity index (χ2v) is 7.79. The van der Waals surface area contributed by atoms with Crippen molar-refractivity contribution in [1.29, 1.82) is 0 Å². The molecular weight excluding hydrogens is 513 g/mol. The van der Waals surface area contributed by atoms with Gasteiger partial charge in [0.15, 0.2) is 5.65 Å². The van der Waals surface area contributed by atoms with E-state index in [0.29, 0.717) is 27.5 Å². The normalized spacial score (nSPS) is 10.1. The fourth-order valence-corrected chi connectivity index (χ4v) is 2.96. The van der Waals surface area contributed by atoms with Crippen molar-refractivity contribution in [1.82, 2.24) is 19.9 Å². The van der Waals surface area contributed by atoms with Gasteiger partial charge in [0.05, 0.1) is 16.8 Å². The Bertz CT molecular complexity index is 1480. The van der Waals surface area contributed by atoms with Crippen LogP contribution >= 0.6 is 23.2 Å². The molecule has 5 aromatic rings. The molecule has 2 aromatic carbocycles. The molecule has 3 heterocycles. The van der Waals surface area contributed by atoms with Crippen LogP contribution in [-0.2, 0) is 0 Å². The lowest BCUT2D eigenvalue weighted by atomic mass is 10.2. The third-order valence-electron chi connectivity index (χ3n) is 4.44. The van der Waals surface area contributed by atoms with E-state index in [9.17, 15) is 13.6 Å². The molecule has 0 saturated heterocycles. The summed E-state index contributed by atoms with van der Waals surface area (Å²) < 4.78 is 25.0. The highest BCUT2D eigenvalue weighted by atomic mass is 35.5. The topological polar surface area (TPSA) is 144 Å². The minimum absolute atomic E-state index is 0.0985. The molecule has 0 saturated carbocycles. The van der Waals surface area contributed by atoms with Crippen molar-refractivity contribution >= 4 is 51.8 Å². The molecule has 0 unspecified atom stereocenters. The van der Waals surface area contributed by atoms with Crippen LogP contribution in [0.4, 0.5) is 20.3 Å². The molecule has 0 aliphatic rings. The molecule has 0 bridgehead atoms. The monoisotopic (exact) mass is 530 g/mol. The molecule has 6 N–H and O–H groups in total. The van der Waals surface area contributed by atoms with Crippen molar-refractivity contribution in [2.24, 2.45) is 0 Å². The first-order valence-corrected chi connectivity index (χ1v) is 10.8. The number of carbonyl (C=O) groups is 1. The Kier molecular flexibility index (Phi) is 8.71. The van der Waals surface area contributed by atoms with E-state index in [4.69, 9.17) is 39.8 Å². The van der Waals surface area contributed by atoms with Gasteiger partial charge in [-0.05, 0) is 72.8 Å². The van der Waals surface area contributed by atoms with Crippen molar-refractivity contribution in [3.05, 3.63) is 100 Å². The number of fused-ring (bicyclic) bond motifs is 1. The minimum Gasteiger partial charge on any atom is -0.478 e. The number of aromatic amines is 1. The number of pyridine rings is 2. The molecule has 0 fully saturated rings. The summed E-state index contributed by atoms with van der Waals surface area (Å²) in [6.07, 6.45) is 0. The number of imidazole rings is 1. The lowest BCUT2D eigenvalue weighted by Crippen LogP contribution is -1.96. The predicted octanol–water partition coefficient (Wildman–Crippen LogP) is 5.84. The number of nitrogen functional groups attached to an aromatic ring is 2. The Balaban J connectivity index is 0.000000163. The van der Waals surface area contributed by atoms with Crippen molar-refractivity contribution in [3.63, 3.8) is 0 Å². The van der Waals surface area contributed by atoms with E-state index in [1.54, 1.807) is 30.3 Å². The van der Waals surface area contributed by atoms with Gasteiger partial charge in [-0.15, -0.1) is 0 Å². The number of aromatic carboxylic acids is 1. The van der Waals surface area contributed by atoms with E-state index in [1.165, 1.54) is 24.3 Å². The summed E-state index contributed by atoms with van der Waals surface area (Å²) in [7, 11) is 0. The summed E-state index contributed by atoms with van der Waals surface area (Å²) in [4.78, 5) is 25.4. The van der Waals surface area contributed by atoms with Crippen LogP contribution in [0.1, 0.15) is 10.4 Å². The average molecular weight is 531 g/mol. The molecule has 0 aliphatic carbocycles. The Morgan fingerprint density at radius 1 is 0.778 bits per heavy atom. The zero-order chi connectivity index (χ0) is 26.2. The highest BCUT2D eigenvalue weighted by Crippen LogP contribution is 2.20. The Morgan fingerprint density at radius 3 is 1.89 bits per heavy atom. The van der Waals surface area contributed by atoms with E-state index in [-0.39, 0.29) is 17.2 Å². The molecule has 5 rings (SSSR count). The number of H-pyrrole nitrogens is 1. The van der Waals surface area contributed by atoms with Crippen LogP contribution in [-0.4, -0.2) is 31.0 Å². The first-order valence-electron chi connectivity index (χ1n) is 10.1. The Morgan fingerprint density at radius 2 is 1.33 bits per heavy atom. The molecule has 0 aliphatic heterocycles. The number of hydrogen-bond acceptors (Lipinski definition) is 6. The van der Waals surface area contributed by atoms with E-state index in [2.05, 4.69) is 19.9 Å². The fourth-order valence-electron chi connectivity index (χ4n) is 2.67. The molecular formula is C24H18Cl2F2N6O2. The second-order valence-electron chi connectivity index (χ2n) is 7.02. The van der Waals surface area contributed by atoms with Crippen LogP contribution < -0.4 is 11.5 Å². The summed E-state index contributed by atoms with van der Waals surface area (Å²) in [5.74, 6) is -0.812.